The number of methoxy groups -OCH3 is 1. The number of carbonyl (C=O) groups excluding carboxylic acids is 2. The number of aromatic nitrogens is 3. The van der Waals surface area contributed by atoms with Gasteiger partial charge in [0.2, 0.25) is 5.91 Å². The van der Waals surface area contributed by atoms with Gasteiger partial charge in [-0.2, -0.15) is 5.10 Å². The number of nitrogens with one attached hydrogen (secondary N) is 2. The lowest BCUT2D eigenvalue weighted by Crippen LogP contribution is -2.41. The summed E-state index contributed by atoms with van der Waals surface area (Å²) in [6, 6.07) is 12.3. The standard InChI is InChI=1S/C22H22ClN5O3/c1-31-20-6-5-15(23)12-18(20)25-21(29)14-7-10-28(11-8-14)22(30)19-13-17(26-27-19)16-4-2-3-9-24-16/h2-6,9,12-14H,7-8,10-11H2,1H3,(H,25,29)(H,26,27). The number of anilines is 1. The number of ether oxygens (including phenoxy) is 1. The van der Waals surface area contributed by atoms with Gasteiger partial charge >= 0.3 is 0 Å². The van der Waals surface area contributed by atoms with E-state index in [9.17, 15) is 9.59 Å². The molecule has 3 aromatic rings. The zero-order valence-corrected chi connectivity index (χ0v) is 17.7. The van der Waals surface area contributed by atoms with Crippen LogP contribution in [-0.4, -0.2) is 52.1 Å². The summed E-state index contributed by atoms with van der Waals surface area (Å²) in [6.07, 6.45) is 2.82. The number of piperidine rings is 1. The average molecular weight is 440 g/mol. The van der Waals surface area contributed by atoms with Crippen molar-refractivity contribution in [3.63, 3.8) is 0 Å². The van der Waals surface area contributed by atoms with Gasteiger partial charge in [-0.3, -0.25) is 19.7 Å². The molecule has 0 spiro atoms. The monoisotopic (exact) mass is 439 g/mol. The molecular formula is C22H22ClN5O3. The highest BCUT2D eigenvalue weighted by molar-refractivity contribution is 6.31. The van der Waals surface area contributed by atoms with Crippen molar-refractivity contribution in [2.75, 3.05) is 25.5 Å². The van der Waals surface area contributed by atoms with E-state index in [0.29, 0.717) is 59.5 Å². The number of amides is 2. The van der Waals surface area contributed by atoms with Crippen molar-refractivity contribution in [2.45, 2.75) is 12.8 Å². The van der Waals surface area contributed by atoms with E-state index in [1.54, 1.807) is 35.4 Å². The highest BCUT2D eigenvalue weighted by atomic mass is 35.5. The zero-order chi connectivity index (χ0) is 21.8. The van der Waals surface area contributed by atoms with Gasteiger partial charge in [0.25, 0.3) is 5.91 Å². The second-order valence-electron chi connectivity index (χ2n) is 7.28. The van der Waals surface area contributed by atoms with Crippen LogP contribution in [0.25, 0.3) is 11.4 Å². The molecule has 9 heteroatoms. The third kappa shape index (κ3) is 4.69. The Morgan fingerprint density at radius 1 is 1.16 bits per heavy atom. The first-order valence-corrected chi connectivity index (χ1v) is 10.3. The number of H-pyrrole nitrogens is 1. The predicted octanol–water partition coefficient (Wildman–Crippen LogP) is 3.62. The number of carbonyl (C=O) groups is 2. The maximum absolute atomic E-state index is 12.8. The molecule has 4 rings (SSSR count). The highest BCUT2D eigenvalue weighted by Crippen LogP contribution is 2.29. The molecule has 2 aromatic heterocycles. The third-order valence-corrected chi connectivity index (χ3v) is 5.54. The quantitative estimate of drug-likeness (QED) is 0.632. The van der Waals surface area contributed by atoms with Crippen LogP contribution in [-0.2, 0) is 4.79 Å². The lowest BCUT2D eigenvalue weighted by molar-refractivity contribution is -0.121. The van der Waals surface area contributed by atoms with Gasteiger partial charge < -0.3 is 15.0 Å². The first-order chi connectivity index (χ1) is 15.0. The van der Waals surface area contributed by atoms with Crippen molar-refractivity contribution in [1.29, 1.82) is 0 Å². The summed E-state index contributed by atoms with van der Waals surface area (Å²) in [7, 11) is 1.54. The fourth-order valence-electron chi connectivity index (χ4n) is 3.60. The smallest absolute Gasteiger partial charge is 0.271 e. The fraction of sp³-hybridized carbons (Fsp3) is 0.273. The molecule has 1 aliphatic heterocycles. The molecule has 0 aliphatic carbocycles. The van der Waals surface area contributed by atoms with Crippen LogP contribution in [0.3, 0.4) is 0 Å². The second-order valence-corrected chi connectivity index (χ2v) is 7.72. The Labute approximate surface area is 184 Å². The van der Waals surface area contributed by atoms with Crippen molar-refractivity contribution in [3.8, 4) is 17.1 Å². The van der Waals surface area contributed by atoms with Gasteiger partial charge in [0.05, 0.1) is 18.5 Å². The number of rotatable bonds is 5. The molecule has 31 heavy (non-hydrogen) atoms. The second kappa shape index (κ2) is 9.18. The minimum Gasteiger partial charge on any atom is -0.495 e. The summed E-state index contributed by atoms with van der Waals surface area (Å²) in [5.41, 5.74) is 2.27. The molecule has 2 amide bonds. The summed E-state index contributed by atoms with van der Waals surface area (Å²) in [6.45, 7) is 0.975. The Morgan fingerprint density at radius 2 is 1.97 bits per heavy atom. The van der Waals surface area contributed by atoms with Gasteiger partial charge in [-0.1, -0.05) is 17.7 Å². The van der Waals surface area contributed by atoms with E-state index in [4.69, 9.17) is 16.3 Å². The molecule has 0 unspecified atom stereocenters. The summed E-state index contributed by atoms with van der Waals surface area (Å²) < 4.78 is 5.28. The van der Waals surface area contributed by atoms with E-state index >= 15 is 0 Å². The Balaban J connectivity index is 1.35. The molecular weight excluding hydrogens is 418 g/mol. The van der Waals surface area contributed by atoms with E-state index in [1.165, 1.54) is 7.11 Å². The molecule has 0 radical (unpaired) electrons. The molecule has 0 atom stereocenters. The van der Waals surface area contributed by atoms with Crippen LogP contribution >= 0.6 is 11.6 Å². The van der Waals surface area contributed by atoms with Crippen LogP contribution in [0, 0.1) is 5.92 Å². The first-order valence-electron chi connectivity index (χ1n) is 9.95. The highest BCUT2D eigenvalue weighted by Gasteiger charge is 2.29. The molecule has 0 saturated carbocycles. The number of nitrogens with zero attached hydrogens (tertiary/aromatic N) is 3. The normalized spacial score (nSPS) is 14.3. The Hall–Kier alpha value is -3.39. The topological polar surface area (TPSA) is 100 Å². The predicted molar refractivity (Wildman–Crippen MR) is 117 cm³/mol. The van der Waals surface area contributed by atoms with Crippen molar-refractivity contribution in [3.05, 3.63) is 59.4 Å². The van der Waals surface area contributed by atoms with Gasteiger partial charge in [-0.05, 0) is 49.2 Å². The van der Waals surface area contributed by atoms with Crippen molar-refractivity contribution in [2.24, 2.45) is 5.92 Å². The maximum atomic E-state index is 12.8. The lowest BCUT2D eigenvalue weighted by atomic mass is 9.95. The largest absolute Gasteiger partial charge is 0.495 e. The van der Waals surface area contributed by atoms with E-state index in [-0.39, 0.29) is 17.7 Å². The van der Waals surface area contributed by atoms with Crippen molar-refractivity contribution in [1.82, 2.24) is 20.1 Å². The summed E-state index contributed by atoms with van der Waals surface area (Å²) in [5, 5.41) is 10.4. The zero-order valence-electron chi connectivity index (χ0n) is 17.0. The Bertz CT molecular complexity index is 1080. The van der Waals surface area contributed by atoms with E-state index in [1.807, 2.05) is 18.2 Å². The molecule has 160 valence electrons. The molecule has 1 saturated heterocycles. The number of likely N-dealkylation sites (tertiary alicyclic amines) is 1. The van der Waals surface area contributed by atoms with Crippen molar-refractivity contribution >= 4 is 29.1 Å². The minimum absolute atomic E-state index is 0.105. The molecule has 1 fully saturated rings. The molecule has 1 aromatic carbocycles. The van der Waals surface area contributed by atoms with E-state index in [0.717, 1.165) is 0 Å². The van der Waals surface area contributed by atoms with Gasteiger partial charge in [-0.15, -0.1) is 0 Å². The van der Waals surface area contributed by atoms with E-state index < -0.39 is 0 Å². The summed E-state index contributed by atoms with van der Waals surface area (Å²) in [4.78, 5) is 31.5. The van der Waals surface area contributed by atoms with Crippen LogP contribution in [0.15, 0.2) is 48.7 Å². The summed E-state index contributed by atoms with van der Waals surface area (Å²) in [5.74, 6) is 0.114. The Kier molecular flexibility index (Phi) is 6.18. The van der Waals surface area contributed by atoms with E-state index in [2.05, 4.69) is 20.5 Å². The van der Waals surface area contributed by atoms with Crippen LogP contribution in [0.1, 0.15) is 23.3 Å². The number of hydrogen-bond acceptors (Lipinski definition) is 5. The maximum Gasteiger partial charge on any atom is 0.271 e. The van der Waals surface area contributed by atoms with Crippen LogP contribution in [0.2, 0.25) is 5.02 Å². The van der Waals surface area contributed by atoms with Crippen LogP contribution in [0.4, 0.5) is 5.69 Å². The number of aromatic amines is 1. The summed E-state index contributed by atoms with van der Waals surface area (Å²) >= 11 is 6.03. The first kappa shape index (κ1) is 20.9. The SMILES string of the molecule is COc1ccc(Cl)cc1NC(=O)C1CCN(C(=O)c2cc(-c3ccccn3)n[nH]2)CC1. The lowest BCUT2D eigenvalue weighted by Gasteiger charge is -2.31. The number of pyridine rings is 1. The molecule has 0 bridgehead atoms. The van der Waals surface area contributed by atoms with Crippen LogP contribution in [0.5, 0.6) is 5.75 Å². The van der Waals surface area contributed by atoms with Gasteiger partial charge in [0.1, 0.15) is 17.1 Å². The number of benzene rings is 1. The van der Waals surface area contributed by atoms with Gasteiger partial charge in [0.15, 0.2) is 0 Å². The van der Waals surface area contributed by atoms with Gasteiger partial charge in [0, 0.05) is 30.2 Å². The third-order valence-electron chi connectivity index (χ3n) is 5.31. The Morgan fingerprint density at radius 3 is 2.68 bits per heavy atom. The number of hydrogen-bond donors (Lipinski definition) is 2. The minimum atomic E-state index is -0.196. The molecule has 3 heterocycles. The van der Waals surface area contributed by atoms with Gasteiger partial charge in [-0.25, -0.2) is 0 Å². The fourth-order valence-corrected chi connectivity index (χ4v) is 3.78. The molecule has 8 nitrogen and oxygen atoms in total. The van der Waals surface area contributed by atoms with Crippen LogP contribution < -0.4 is 10.1 Å². The number of halogens is 1. The van der Waals surface area contributed by atoms with Crippen molar-refractivity contribution < 1.29 is 14.3 Å². The molecule has 2 N–H and O–H groups in total. The molecule has 1 aliphatic rings. The average Bonchev–Trinajstić information content (AvgIpc) is 3.30.